The zero-order valence-corrected chi connectivity index (χ0v) is 21.5. The molecule has 4 heterocycles. The molecule has 10 heteroatoms. The molecule has 2 N–H and O–H groups in total. The number of benzene rings is 2. The third-order valence-electron chi connectivity index (χ3n) is 6.79. The van der Waals surface area contributed by atoms with Crippen LogP contribution in [0.1, 0.15) is 53.6 Å². The minimum Gasteiger partial charge on any atom is -0.360 e. The summed E-state index contributed by atoms with van der Waals surface area (Å²) in [4.78, 5) is 36.4. The van der Waals surface area contributed by atoms with E-state index in [-0.39, 0.29) is 18.0 Å². The van der Waals surface area contributed by atoms with Crippen LogP contribution in [0.25, 0.3) is 21.9 Å². The second-order valence-corrected chi connectivity index (χ2v) is 10.0. The van der Waals surface area contributed by atoms with Crippen molar-refractivity contribution in [2.75, 3.05) is 11.9 Å². The number of aromatic nitrogens is 5. The highest BCUT2D eigenvalue weighted by Crippen LogP contribution is 2.35. The van der Waals surface area contributed by atoms with Crippen LogP contribution >= 0.6 is 23.2 Å². The molecule has 5 aromatic rings. The van der Waals surface area contributed by atoms with Crippen molar-refractivity contribution in [3.8, 4) is 0 Å². The standard InChI is InChI=1S/C27H23Cl2N7O/c1-15(25-34-21-5-4-17(28)11-23(21)35-25)33-26-19-12-20(29)18(13-22(19)31-14-32-26)27(37)36-10-2-3-24(36)16-6-8-30-9-7-16/h4-9,11-15,24H,2-3,10H2,1H3,(H,34,35)(H,31,32,33)/t15-,24?/m0/s1. The minimum absolute atomic E-state index is 0.00410. The van der Waals surface area contributed by atoms with Crippen molar-refractivity contribution in [2.45, 2.75) is 31.8 Å². The normalized spacial score (nSPS) is 16.4. The molecule has 1 aliphatic heterocycles. The van der Waals surface area contributed by atoms with Crippen LogP contribution in [0, 0.1) is 0 Å². The van der Waals surface area contributed by atoms with Gasteiger partial charge in [0.15, 0.2) is 0 Å². The average Bonchev–Trinajstić information content (AvgIpc) is 3.56. The summed E-state index contributed by atoms with van der Waals surface area (Å²) >= 11 is 12.8. The molecule has 1 aliphatic rings. The number of hydrogen-bond donors (Lipinski definition) is 2. The summed E-state index contributed by atoms with van der Waals surface area (Å²) in [6, 6.07) is 12.8. The van der Waals surface area contributed by atoms with Crippen molar-refractivity contribution in [2.24, 2.45) is 0 Å². The second kappa shape index (κ2) is 9.61. The van der Waals surface area contributed by atoms with Gasteiger partial charge in [0, 0.05) is 29.3 Å². The van der Waals surface area contributed by atoms with Crippen molar-refractivity contribution < 1.29 is 4.79 Å². The first-order chi connectivity index (χ1) is 18.0. The molecule has 37 heavy (non-hydrogen) atoms. The lowest BCUT2D eigenvalue weighted by Gasteiger charge is -2.25. The van der Waals surface area contributed by atoms with Gasteiger partial charge in [-0.05, 0) is 67.8 Å². The quantitative estimate of drug-likeness (QED) is 0.273. The number of imidazole rings is 1. The van der Waals surface area contributed by atoms with Gasteiger partial charge in [-0.25, -0.2) is 15.0 Å². The fourth-order valence-electron chi connectivity index (χ4n) is 4.93. The van der Waals surface area contributed by atoms with Crippen LogP contribution in [0.3, 0.4) is 0 Å². The van der Waals surface area contributed by atoms with E-state index >= 15 is 0 Å². The van der Waals surface area contributed by atoms with E-state index in [9.17, 15) is 4.79 Å². The Morgan fingerprint density at radius 2 is 1.95 bits per heavy atom. The number of amides is 1. The van der Waals surface area contributed by atoms with Crippen molar-refractivity contribution in [3.05, 3.63) is 88.2 Å². The Balaban J connectivity index is 1.29. The molecule has 0 saturated carbocycles. The average molecular weight is 532 g/mol. The number of carbonyl (C=O) groups is 1. The minimum atomic E-state index is -0.185. The van der Waals surface area contributed by atoms with E-state index < -0.39 is 0 Å². The highest BCUT2D eigenvalue weighted by Gasteiger charge is 2.32. The summed E-state index contributed by atoms with van der Waals surface area (Å²) < 4.78 is 0. The molecule has 8 nitrogen and oxygen atoms in total. The maximum Gasteiger partial charge on any atom is 0.255 e. The van der Waals surface area contributed by atoms with Crippen molar-refractivity contribution in [3.63, 3.8) is 0 Å². The topological polar surface area (TPSA) is 99.7 Å². The maximum absolute atomic E-state index is 13.6. The van der Waals surface area contributed by atoms with E-state index in [0.717, 1.165) is 40.6 Å². The zero-order valence-electron chi connectivity index (χ0n) is 19.9. The maximum atomic E-state index is 13.6. The third kappa shape index (κ3) is 4.47. The highest BCUT2D eigenvalue weighted by atomic mass is 35.5. The van der Waals surface area contributed by atoms with Gasteiger partial charge in [0.05, 0.1) is 39.2 Å². The van der Waals surface area contributed by atoms with E-state index in [1.165, 1.54) is 6.33 Å². The van der Waals surface area contributed by atoms with Crippen LogP contribution in [0.15, 0.2) is 61.2 Å². The molecular weight excluding hydrogens is 509 g/mol. The lowest BCUT2D eigenvalue weighted by Crippen LogP contribution is -2.30. The zero-order chi connectivity index (χ0) is 25.5. The molecule has 0 radical (unpaired) electrons. The van der Waals surface area contributed by atoms with E-state index in [0.29, 0.717) is 33.5 Å². The Morgan fingerprint density at radius 1 is 1.11 bits per heavy atom. The predicted octanol–water partition coefficient (Wildman–Crippen LogP) is 6.36. The number of likely N-dealkylation sites (tertiary alicyclic amines) is 1. The molecule has 1 saturated heterocycles. The molecule has 1 amide bonds. The number of carbonyl (C=O) groups excluding carboxylic acids is 1. The molecule has 0 spiro atoms. The molecular formula is C27H23Cl2N7O. The first-order valence-electron chi connectivity index (χ1n) is 12.0. The number of H-pyrrole nitrogens is 1. The Hall–Kier alpha value is -3.75. The molecule has 2 atom stereocenters. The summed E-state index contributed by atoms with van der Waals surface area (Å²) in [6.45, 7) is 2.66. The largest absolute Gasteiger partial charge is 0.360 e. The summed E-state index contributed by atoms with van der Waals surface area (Å²) in [7, 11) is 0. The first kappa shape index (κ1) is 23.6. The monoisotopic (exact) mass is 531 g/mol. The second-order valence-electron chi connectivity index (χ2n) is 9.16. The van der Waals surface area contributed by atoms with Crippen LogP contribution < -0.4 is 5.32 Å². The molecule has 3 aromatic heterocycles. The molecule has 1 fully saturated rings. The number of pyridine rings is 1. The van der Waals surface area contributed by atoms with E-state index in [1.807, 2.05) is 42.2 Å². The van der Waals surface area contributed by atoms with Gasteiger partial charge >= 0.3 is 0 Å². The molecule has 6 rings (SSSR count). The van der Waals surface area contributed by atoms with Crippen LogP contribution in [-0.4, -0.2) is 42.3 Å². The summed E-state index contributed by atoms with van der Waals surface area (Å²) in [5.74, 6) is 1.25. The number of nitrogens with one attached hydrogen (secondary N) is 2. The van der Waals surface area contributed by atoms with Crippen molar-refractivity contribution in [1.29, 1.82) is 0 Å². The van der Waals surface area contributed by atoms with Gasteiger partial charge in [0.1, 0.15) is 18.0 Å². The van der Waals surface area contributed by atoms with E-state index in [1.54, 1.807) is 24.5 Å². The lowest BCUT2D eigenvalue weighted by molar-refractivity contribution is 0.0736. The van der Waals surface area contributed by atoms with Gasteiger partial charge in [-0.1, -0.05) is 23.2 Å². The first-order valence-corrected chi connectivity index (χ1v) is 12.8. The van der Waals surface area contributed by atoms with Gasteiger partial charge in [0.2, 0.25) is 0 Å². The lowest BCUT2D eigenvalue weighted by atomic mass is 10.0. The number of aromatic amines is 1. The smallest absolute Gasteiger partial charge is 0.255 e. The van der Waals surface area contributed by atoms with Crippen molar-refractivity contribution >= 4 is 56.9 Å². The Morgan fingerprint density at radius 3 is 2.78 bits per heavy atom. The number of halogens is 2. The van der Waals surface area contributed by atoms with Gasteiger partial charge in [0.25, 0.3) is 5.91 Å². The number of anilines is 1. The molecule has 0 bridgehead atoms. The number of hydrogen-bond acceptors (Lipinski definition) is 6. The molecule has 0 aliphatic carbocycles. The van der Waals surface area contributed by atoms with Crippen LogP contribution in [0.4, 0.5) is 5.82 Å². The van der Waals surface area contributed by atoms with Gasteiger partial charge in [-0.15, -0.1) is 0 Å². The molecule has 186 valence electrons. The highest BCUT2D eigenvalue weighted by molar-refractivity contribution is 6.35. The summed E-state index contributed by atoms with van der Waals surface area (Å²) in [5, 5.41) is 5.12. The number of rotatable bonds is 5. The Kier molecular flexibility index (Phi) is 6.14. The SMILES string of the molecule is C[C@H](Nc1ncnc2cc(C(=O)N3CCCC3c3ccncc3)c(Cl)cc12)c1nc2cc(Cl)ccc2[nH]1. The third-order valence-corrected chi connectivity index (χ3v) is 7.33. The fraction of sp³-hybridized carbons (Fsp3) is 0.222. The van der Waals surface area contributed by atoms with Crippen LogP contribution in [0.2, 0.25) is 10.0 Å². The van der Waals surface area contributed by atoms with Crippen molar-refractivity contribution in [1.82, 2.24) is 29.8 Å². The molecule has 2 aromatic carbocycles. The van der Waals surface area contributed by atoms with Crippen LogP contribution in [-0.2, 0) is 0 Å². The molecule has 1 unspecified atom stereocenters. The van der Waals surface area contributed by atoms with E-state index in [4.69, 9.17) is 23.2 Å². The summed E-state index contributed by atoms with van der Waals surface area (Å²) in [5.41, 5.74) is 3.84. The van der Waals surface area contributed by atoms with Gasteiger partial charge in [-0.2, -0.15) is 0 Å². The Labute approximate surface area is 223 Å². The van der Waals surface area contributed by atoms with Gasteiger partial charge < -0.3 is 15.2 Å². The number of nitrogens with zero attached hydrogens (tertiary/aromatic N) is 5. The van der Waals surface area contributed by atoms with E-state index in [2.05, 4.69) is 30.2 Å². The van der Waals surface area contributed by atoms with Gasteiger partial charge in [-0.3, -0.25) is 9.78 Å². The van der Waals surface area contributed by atoms with Crippen LogP contribution in [0.5, 0.6) is 0 Å². The Bertz CT molecular complexity index is 1620. The summed E-state index contributed by atoms with van der Waals surface area (Å²) in [6.07, 6.45) is 6.83. The predicted molar refractivity (Wildman–Crippen MR) is 145 cm³/mol. The number of fused-ring (bicyclic) bond motifs is 2. The fourth-order valence-corrected chi connectivity index (χ4v) is 5.34.